The van der Waals surface area contributed by atoms with Gasteiger partial charge in [-0.1, -0.05) is 6.07 Å². The third-order valence-corrected chi connectivity index (χ3v) is 3.77. The number of halogens is 1. The van der Waals surface area contributed by atoms with E-state index in [0.717, 1.165) is 21.8 Å². The molecule has 1 aromatic heterocycles. The summed E-state index contributed by atoms with van der Waals surface area (Å²) in [6, 6.07) is 3.16. The normalized spacial score (nSPS) is 12.7. The third-order valence-electron chi connectivity index (χ3n) is 2.95. The first-order chi connectivity index (χ1) is 8.47. The van der Waals surface area contributed by atoms with Crippen molar-refractivity contribution in [3.63, 3.8) is 0 Å². The molecule has 1 heterocycles. The molecule has 2 N–H and O–H groups in total. The molecular weight excluding hydrogens is 247 g/mol. The molecule has 2 rings (SSSR count). The van der Waals surface area contributed by atoms with Crippen molar-refractivity contribution in [2.45, 2.75) is 33.2 Å². The molecule has 1 atom stereocenters. The Morgan fingerprint density at radius 2 is 2.06 bits per heavy atom. The van der Waals surface area contributed by atoms with Crippen LogP contribution in [0.25, 0.3) is 0 Å². The predicted octanol–water partition coefficient (Wildman–Crippen LogP) is 3.45. The monoisotopic (exact) mass is 264 g/mol. The van der Waals surface area contributed by atoms with E-state index in [9.17, 15) is 4.39 Å². The number of rotatable bonds is 3. The molecule has 0 aliphatic heterocycles. The summed E-state index contributed by atoms with van der Waals surface area (Å²) < 4.78 is 14.0. The zero-order valence-electron chi connectivity index (χ0n) is 10.8. The van der Waals surface area contributed by atoms with Gasteiger partial charge in [-0.25, -0.2) is 9.37 Å². The van der Waals surface area contributed by atoms with Crippen LogP contribution in [0.5, 0.6) is 0 Å². The number of thiazole rings is 1. The maximum absolute atomic E-state index is 14.0. The minimum atomic E-state index is -0.341. The van der Waals surface area contributed by atoms with Gasteiger partial charge in [-0.2, -0.15) is 0 Å². The molecule has 0 aliphatic carbocycles. The Kier molecular flexibility index (Phi) is 3.78. The molecule has 0 saturated carbocycles. The quantitative estimate of drug-likeness (QED) is 0.922. The molecule has 2 nitrogen and oxygen atoms in total. The molecule has 1 aromatic carbocycles. The topological polar surface area (TPSA) is 38.9 Å². The van der Waals surface area contributed by atoms with E-state index in [2.05, 4.69) is 4.98 Å². The predicted molar refractivity (Wildman–Crippen MR) is 73.4 cm³/mol. The van der Waals surface area contributed by atoms with Gasteiger partial charge >= 0.3 is 0 Å². The fraction of sp³-hybridized carbons (Fsp3) is 0.357. The first-order valence-electron chi connectivity index (χ1n) is 5.90. The Hall–Kier alpha value is -1.26. The fourth-order valence-corrected chi connectivity index (χ4v) is 2.85. The summed E-state index contributed by atoms with van der Waals surface area (Å²) in [5.74, 6) is -0.216. The van der Waals surface area contributed by atoms with E-state index in [1.807, 2.05) is 32.2 Å². The van der Waals surface area contributed by atoms with E-state index in [4.69, 9.17) is 5.73 Å². The average Bonchev–Trinajstić information content (AvgIpc) is 2.62. The summed E-state index contributed by atoms with van der Waals surface area (Å²) in [4.78, 5) is 4.37. The highest BCUT2D eigenvalue weighted by Gasteiger charge is 2.16. The Bertz CT molecular complexity index is 540. The van der Waals surface area contributed by atoms with Crippen LogP contribution in [0.15, 0.2) is 17.5 Å². The molecule has 0 aliphatic rings. The molecule has 4 heteroatoms. The van der Waals surface area contributed by atoms with Gasteiger partial charge < -0.3 is 5.73 Å². The number of benzene rings is 1. The van der Waals surface area contributed by atoms with Gasteiger partial charge in [0.05, 0.1) is 10.7 Å². The van der Waals surface area contributed by atoms with Crippen molar-refractivity contribution < 1.29 is 4.39 Å². The van der Waals surface area contributed by atoms with Gasteiger partial charge in [-0.15, -0.1) is 11.3 Å². The SMILES string of the molecule is Cc1cc(C)c(C(N)Cc2csc(C)n2)c(F)c1. The third kappa shape index (κ3) is 2.76. The highest BCUT2D eigenvalue weighted by Crippen LogP contribution is 2.24. The standard InChI is InChI=1S/C14H17FN2S/c1-8-4-9(2)14(12(15)5-8)13(16)6-11-7-18-10(3)17-11/h4-5,7,13H,6,16H2,1-3H3. The molecular formula is C14H17FN2S. The van der Waals surface area contributed by atoms with Crippen LogP contribution in [-0.4, -0.2) is 4.98 Å². The lowest BCUT2D eigenvalue weighted by atomic mass is 9.96. The van der Waals surface area contributed by atoms with E-state index >= 15 is 0 Å². The van der Waals surface area contributed by atoms with Crippen LogP contribution >= 0.6 is 11.3 Å². The van der Waals surface area contributed by atoms with Crippen molar-refractivity contribution in [3.8, 4) is 0 Å². The molecule has 2 aromatic rings. The lowest BCUT2D eigenvalue weighted by Crippen LogP contribution is -2.17. The zero-order chi connectivity index (χ0) is 13.3. The van der Waals surface area contributed by atoms with Gasteiger partial charge in [-0.3, -0.25) is 0 Å². The van der Waals surface area contributed by atoms with Gasteiger partial charge in [0, 0.05) is 23.4 Å². The molecule has 0 fully saturated rings. The number of hydrogen-bond acceptors (Lipinski definition) is 3. The summed E-state index contributed by atoms with van der Waals surface area (Å²) in [6.45, 7) is 5.74. The second-order valence-corrected chi connectivity index (χ2v) is 5.71. The molecule has 96 valence electrons. The molecule has 0 radical (unpaired) electrons. The van der Waals surface area contributed by atoms with Crippen LogP contribution < -0.4 is 5.73 Å². The summed E-state index contributed by atoms with van der Waals surface area (Å²) >= 11 is 1.59. The smallest absolute Gasteiger partial charge is 0.128 e. The van der Waals surface area contributed by atoms with Crippen LogP contribution in [0.2, 0.25) is 0 Å². The van der Waals surface area contributed by atoms with E-state index in [-0.39, 0.29) is 11.9 Å². The minimum absolute atomic E-state index is 0.216. The van der Waals surface area contributed by atoms with Crippen molar-refractivity contribution >= 4 is 11.3 Å². The average molecular weight is 264 g/mol. The van der Waals surface area contributed by atoms with Crippen molar-refractivity contribution in [1.82, 2.24) is 4.98 Å². The van der Waals surface area contributed by atoms with E-state index in [1.165, 1.54) is 6.07 Å². The lowest BCUT2D eigenvalue weighted by Gasteiger charge is -2.15. The Morgan fingerprint density at radius 1 is 1.33 bits per heavy atom. The summed E-state index contributed by atoms with van der Waals surface area (Å²) in [5, 5.41) is 3.00. The van der Waals surface area contributed by atoms with Crippen molar-refractivity contribution in [2.75, 3.05) is 0 Å². The Labute approximate surface area is 111 Å². The van der Waals surface area contributed by atoms with Crippen LogP contribution in [-0.2, 0) is 6.42 Å². The number of aromatic nitrogens is 1. The Balaban J connectivity index is 2.26. The van der Waals surface area contributed by atoms with Gasteiger partial charge in [0.25, 0.3) is 0 Å². The van der Waals surface area contributed by atoms with Crippen molar-refractivity contribution in [2.24, 2.45) is 5.73 Å². The van der Waals surface area contributed by atoms with Crippen LogP contribution in [0.1, 0.15) is 33.4 Å². The fourth-order valence-electron chi connectivity index (χ4n) is 2.23. The highest BCUT2D eigenvalue weighted by atomic mass is 32.1. The number of hydrogen-bond donors (Lipinski definition) is 1. The molecule has 0 saturated heterocycles. The zero-order valence-corrected chi connectivity index (χ0v) is 11.6. The van der Waals surface area contributed by atoms with Crippen molar-refractivity contribution in [1.29, 1.82) is 0 Å². The molecule has 0 spiro atoms. The largest absolute Gasteiger partial charge is 0.324 e. The van der Waals surface area contributed by atoms with Crippen molar-refractivity contribution in [3.05, 3.63) is 50.7 Å². The molecule has 0 amide bonds. The maximum Gasteiger partial charge on any atom is 0.128 e. The molecule has 1 unspecified atom stereocenters. The van der Waals surface area contributed by atoms with Crippen LogP contribution in [0, 0.1) is 26.6 Å². The van der Waals surface area contributed by atoms with Crippen LogP contribution in [0.3, 0.4) is 0 Å². The number of aryl methyl sites for hydroxylation is 3. The second-order valence-electron chi connectivity index (χ2n) is 4.65. The van der Waals surface area contributed by atoms with Crippen LogP contribution in [0.4, 0.5) is 4.39 Å². The van der Waals surface area contributed by atoms with E-state index in [1.54, 1.807) is 11.3 Å². The maximum atomic E-state index is 14.0. The first-order valence-corrected chi connectivity index (χ1v) is 6.78. The highest BCUT2D eigenvalue weighted by molar-refractivity contribution is 7.09. The van der Waals surface area contributed by atoms with E-state index < -0.39 is 0 Å². The van der Waals surface area contributed by atoms with E-state index in [0.29, 0.717) is 12.0 Å². The molecule has 0 bridgehead atoms. The van der Waals surface area contributed by atoms with Gasteiger partial charge in [0.15, 0.2) is 0 Å². The molecule has 18 heavy (non-hydrogen) atoms. The summed E-state index contributed by atoms with van der Waals surface area (Å²) in [5.41, 5.74) is 9.48. The van der Waals surface area contributed by atoms with Gasteiger partial charge in [0.2, 0.25) is 0 Å². The number of nitrogens with zero attached hydrogens (tertiary/aromatic N) is 1. The van der Waals surface area contributed by atoms with Gasteiger partial charge in [-0.05, 0) is 38.0 Å². The number of nitrogens with two attached hydrogens (primary N) is 1. The summed E-state index contributed by atoms with van der Waals surface area (Å²) in [7, 11) is 0. The summed E-state index contributed by atoms with van der Waals surface area (Å²) in [6.07, 6.45) is 0.575. The second kappa shape index (κ2) is 5.16. The lowest BCUT2D eigenvalue weighted by molar-refractivity contribution is 0.574. The van der Waals surface area contributed by atoms with Gasteiger partial charge in [0.1, 0.15) is 5.82 Å². The Morgan fingerprint density at radius 3 is 2.61 bits per heavy atom. The first kappa shape index (κ1) is 13.2. The minimum Gasteiger partial charge on any atom is -0.324 e.